The van der Waals surface area contributed by atoms with Crippen LogP contribution in [-0.2, 0) is 13.6 Å². The summed E-state index contributed by atoms with van der Waals surface area (Å²) in [5.41, 5.74) is 3.46. The predicted molar refractivity (Wildman–Crippen MR) is 65.9 cm³/mol. The highest BCUT2D eigenvalue weighted by atomic mass is 79.9. The van der Waals surface area contributed by atoms with Gasteiger partial charge in [0.2, 0.25) is 0 Å². The fourth-order valence-electron chi connectivity index (χ4n) is 1.77. The molecule has 1 aromatic carbocycles. The van der Waals surface area contributed by atoms with Gasteiger partial charge in [-0.2, -0.15) is 0 Å². The molecule has 0 aliphatic carbocycles. The molecular formula is C11H14BrN3. The zero-order valence-corrected chi connectivity index (χ0v) is 10.7. The van der Waals surface area contributed by atoms with Crippen molar-refractivity contribution in [1.29, 1.82) is 0 Å². The van der Waals surface area contributed by atoms with Crippen molar-refractivity contribution in [1.82, 2.24) is 14.9 Å². The van der Waals surface area contributed by atoms with Crippen LogP contribution in [0, 0.1) is 6.92 Å². The van der Waals surface area contributed by atoms with Gasteiger partial charge in [-0.25, -0.2) is 4.98 Å². The standard InChI is InChI=1S/C11H14BrN3/c1-7-14-10-5-8(6-13-2)4-9(12)11(10)15(7)3/h4-5,13H,6H2,1-3H3. The first-order chi connectivity index (χ1) is 7.13. The molecule has 0 bridgehead atoms. The summed E-state index contributed by atoms with van der Waals surface area (Å²) in [6.45, 7) is 2.88. The number of imidazole rings is 1. The summed E-state index contributed by atoms with van der Waals surface area (Å²) in [6.07, 6.45) is 0. The van der Waals surface area contributed by atoms with Crippen LogP contribution in [0.25, 0.3) is 11.0 Å². The average molecular weight is 268 g/mol. The molecule has 0 saturated carbocycles. The number of hydrogen-bond acceptors (Lipinski definition) is 2. The Morgan fingerprint density at radius 1 is 1.47 bits per heavy atom. The van der Waals surface area contributed by atoms with Crippen molar-refractivity contribution in [2.24, 2.45) is 7.05 Å². The molecular weight excluding hydrogens is 254 g/mol. The minimum Gasteiger partial charge on any atom is -0.330 e. The van der Waals surface area contributed by atoms with E-state index in [1.54, 1.807) is 0 Å². The molecule has 0 aliphatic rings. The molecule has 0 saturated heterocycles. The molecule has 0 atom stereocenters. The molecule has 0 amide bonds. The lowest BCUT2D eigenvalue weighted by Gasteiger charge is -2.03. The number of aryl methyl sites for hydroxylation is 2. The van der Waals surface area contributed by atoms with Crippen molar-refractivity contribution in [3.05, 3.63) is 28.0 Å². The van der Waals surface area contributed by atoms with Crippen LogP contribution in [0.5, 0.6) is 0 Å². The summed E-state index contributed by atoms with van der Waals surface area (Å²) >= 11 is 3.59. The fraction of sp³-hybridized carbons (Fsp3) is 0.364. The highest BCUT2D eigenvalue weighted by Gasteiger charge is 2.08. The number of rotatable bonds is 2. The van der Waals surface area contributed by atoms with Crippen molar-refractivity contribution in [2.75, 3.05) is 7.05 Å². The van der Waals surface area contributed by atoms with Crippen molar-refractivity contribution in [3.8, 4) is 0 Å². The Balaban J connectivity index is 2.67. The van der Waals surface area contributed by atoms with Gasteiger partial charge < -0.3 is 9.88 Å². The van der Waals surface area contributed by atoms with E-state index in [0.717, 1.165) is 27.9 Å². The molecule has 0 aliphatic heterocycles. The van der Waals surface area contributed by atoms with Crippen LogP contribution in [0.4, 0.5) is 0 Å². The summed E-state index contributed by atoms with van der Waals surface area (Å²) in [5.74, 6) is 1.03. The normalized spacial score (nSPS) is 11.2. The second-order valence-corrected chi connectivity index (χ2v) is 4.55. The molecule has 1 aromatic heterocycles. The molecule has 2 aromatic rings. The number of aromatic nitrogens is 2. The zero-order chi connectivity index (χ0) is 11.0. The van der Waals surface area contributed by atoms with E-state index in [-0.39, 0.29) is 0 Å². The number of halogens is 1. The molecule has 0 unspecified atom stereocenters. The summed E-state index contributed by atoms with van der Waals surface area (Å²) < 4.78 is 3.20. The van der Waals surface area contributed by atoms with Crippen molar-refractivity contribution >= 4 is 27.0 Å². The molecule has 0 spiro atoms. The largest absolute Gasteiger partial charge is 0.330 e. The summed E-state index contributed by atoms with van der Waals surface area (Å²) in [5, 5.41) is 3.14. The van der Waals surface area contributed by atoms with Gasteiger partial charge in [-0.1, -0.05) is 0 Å². The molecule has 4 heteroatoms. The van der Waals surface area contributed by atoms with Crippen LogP contribution in [0.3, 0.4) is 0 Å². The number of nitrogens with zero attached hydrogens (tertiary/aromatic N) is 2. The van der Waals surface area contributed by atoms with E-state index in [4.69, 9.17) is 0 Å². The van der Waals surface area contributed by atoms with E-state index < -0.39 is 0 Å². The molecule has 15 heavy (non-hydrogen) atoms. The van der Waals surface area contributed by atoms with Crippen molar-refractivity contribution in [3.63, 3.8) is 0 Å². The van der Waals surface area contributed by atoms with E-state index in [1.165, 1.54) is 5.56 Å². The number of fused-ring (bicyclic) bond motifs is 1. The maximum absolute atomic E-state index is 4.52. The molecule has 1 N–H and O–H groups in total. The lowest BCUT2D eigenvalue weighted by molar-refractivity contribution is 0.818. The minimum atomic E-state index is 0.865. The molecule has 0 radical (unpaired) electrons. The van der Waals surface area contributed by atoms with Gasteiger partial charge in [0.1, 0.15) is 5.82 Å². The third-order valence-electron chi connectivity index (χ3n) is 2.59. The molecule has 0 fully saturated rings. The predicted octanol–water partition coefficient (Wildman–Crippen LogP) is 2.36. The van der Waals surface area contributed by atoms with Gasteiger partial charge in [-0.05, 0) is 47.6 Å². The molecule has 1 heterocycles. The number of benzene rings is 1. The molecule has 3 nitrogen and oxygen atoms in total. The van der Waals surface area contributed by atoms with E-state index in [0.29, 0.717) is 0 Å². The first-order valence-corrected chi connectivity index (χ1v) is 5.69. The summed E-state index contributed by atoms with van der Waals surface area (Å²) in [7, 11) is 3.98. The summed E-state index contributed by atoms with van der Waals surface area (Å²) in [6, 6.07) is 4.27. The third kappa shape index (κ3) is 1.79. The second kappa shape index (κ2) is 3.94. The van der Waals surface area contributed by atoms with Crippen molar-refractivity contribution in [2.45, 2.75) is 13.5 Å². The van der Waals surface area contributed by atoms with Gasteiger partial charge in [0.15, 0.2) is 0 Å². The second-order valence-electron chi connectivity index (χ2n) is 3.69. The maximum atomic E-state index is 4.52. The lowest BCUT2D eigenvalue weighted by Crippen LogP contribution is -2.04. The Hall–Kier alpha value is -0.870. The van der Waals surface area contributed by atoms with Crippen LogP contribution >= 0.6 is 15.9 Å². The Morgan fingerprint density at radius 2 is 2.20 bits per heavy atom. The quantitative estimate of drug-likeness (QED) is 0.906. The molecule has 80 valence electrons. The van der Waals surface area contributed by atoms with E-state index in [2.05, 4.69) is 42.9 Å². The van der Waals surface area contributed by atoms with Gasteiger partial charge in [-0.15, -0.1) is 0 Å². The van der Waals surface area contributed by atoms with Crippen molar-refractivity contribution < 1.29 is 0 Å². The number of nitrogens with one attached hydrogen (secondary N) is 1. The Kier molecular flexibility index (Phi) is 2.80. The van der Waals surface area contributed by atoms with Crippen LogP contribution in [0.2, 0.25) is 0 Å². The van der Waals surface area contributed by atoms with Crippen LogP contribution in [0.15, 0.2) is 16.6 Å². The Labute approximate surface area is 97.6 Å². The summed E-state index contributed by atoms with van der Waals surface area (Å²) in [4.78, 5) is 4.52. The van der Waals surface area contributed by atoms with Gasteiger partial charge in [0, 0.05) is 18.1 Å². The van der Waals surface area contributed by atoms with Gasteiger partial charge in [0.05, 0.1) is 11.0 Å². The SMILES string of the molecule is CNCc1cc(Br)c2c(c1)nc(C)n2C. The fourth-order valence-corrected chi connectivity index (χ4v) is 2.54. The van der Waals surface area contributed by atoms with E-state index >= 15 is 0 Å². The third-order valence-corrected chi connectivity index (χ3v) is 3.19. The number of hydrogen-bond donors (Lipinski definition) is 1. The lowest BCUT2D eigenvalue weighted by atomic mass is 10.2. The molecule has 2 rings (SSSR count). The topological polar surface area (TPSA) is 29.9 Å². The van der Waals surface area contributed by atoms with E-state index in [1.807, 2.05) is 21.0 Å². The van der Waals surface area contributed by atoms with Gasteiger partial charge in [0.25, 0.3) is 0 Å². The smallest absolute Gasteiger partial charge is 0.106 e. The minimum absolute atomic E-state index is 0.865. The zero-order valence-electron chi connectivity index (χ0n) is 9.13. The van der Waals surface area contributed by atoms with Crippen LogP contribution in [-0.4, -0.2) is 16.6 Å². The Morgan fingerprint density at radius 3 is 2.87 bits per heavy atom. The van der Waals surface area contributed by atoms with Crippen LogP contribution in [0.1, 0.15) is 11.4 Å². The maximum Gasteiger partial charge on any atom is 0.106 e. The monoisotopic (exact) mass is 267 g/mol. The highest BCUT2D eigenvalue weighted by Crippen LogP contribution is 2.26. The average Bonchev–Trinajstić information content (AvgIpc) is 2.43. The first kappa shape index (κ1) is 10.6. The van der Waals surface area contributed by atoms with Gasteiger partial charge >= 0.3 is 0 Å². The van der Waals surface area contributed by atoms with Crippen LogP contribution < -0.4 is 5.32 Å². The Bertz CT molecular complexity index is 502. The highest BCUT2D eigenvalue weighted by molar-refractivity contribution is 9.10. The van der Waals surface area contributed by atoms with E-state index in [9.17, 15) is 0 Å². The van der Waals surface area contributed by atoms with Gasteiger partial charge in [-0.3, -0.25) is 0 Å². The first-order valence-electron chi connectivity index (χ1n) is 4.89.